The Hall–Kier alpha value is -1.61. The molecule has 1 heterocycles. The predicted molar refractivity (Wildman–Crippen MR) is 49.2 cm³/mol. The molecule has 16 heavy (non-hydrogen) atoms. The lowest BCUT2D eigenvalue weighted by Crippen LogP contribution is -2.19. The molecule has 0 saturated carbocycles. The van der Waals surface area contributed by atoms with Crippen LogP contribution in [0.2, 0.25) is 0 Å². The van der Waals surface area contributed by atoms with E-state index in [0.29, 0.717) is 0 Å². The van der Waals surface area contributed by atoms with E-state index in [-0.39, 0.29) is 11.3 Å². The van der Waals surface area contributed by atoms with Crippen molar-refractivity contribution >= 4 is 0 Å². The summed E-state index contributed by atoms with van der Waals surface area (Å²) in [4.78, 5) is 3.14. The zero-order valence-electron chi connectivity index (χ0n) is 8.63. The zero-order chi connectivity index (χ0) is 12.6. The van der Waals surface area contributed by atoms with Gasteiger partial charge in [-0.25, -0.2) is 4.98 Å². The lowest BCUT2D eigenvalue weighted by atomic mass is 9.98. The lowest BCUT2D eigenvalue weighted by Gasteiger charge is -2.19. The molecule has 0 aliphatic rings. The van der Waals surface area contributed by atoms with E-state index in [0.717, 1.165) is 12.1 Å². The summed E-state index contributed by atoms with van der Waals surface area (Å²) in [5.41, 5.74) is -2.99. The molecule has 1 N–H and O–H groups in total. The average molecular weight is 230 g/mol. The molecule has 3 nitrogen and oxygen atoms in total. The average Bonchev–Trinajstić information content (AvgIpc) is 2.14. The number of alkyl halides is 3. The minimum absolute atomic E-state index is 0.00590. The van der Waals surface area contributed by atoms with Gasteiger partial charge < -0.3 is 5.11 Å². The number of nitrogens with zero attached hydrogens (tertiary/aromatic N) is 2. The summed E-state index contributed by atoms with van der Waals surface area (Å²) in [6.07, 6.45) is -4.63. The van der Waals surface area contributed by atoms with E-state index in [4.69, 9.17) is 5.26 Å². The minimum Gasteiger partial charge on any atom is -0.386 e. The van der Waals surface area contributed by atoms with E-state index in [2.05, 4.69) is 4.98 Å². The maximum atomic E-state index is 12.4. The lowest BCUT2D eigenvalue weighted by molar-refractivity contribution is -0.141. The van der Waals surface area contributed by atoms with E-state index >= 15 is 0 Å². The molecule has 0 radical (unpaired) electrons. The molecule has 0 atom stereocenters. The van der Waals surface area contributed by atoms with Gasteiger partial charge in [0.15, 0.2) is 0 Å². The van der Waals surface area contributed by atoms with Crippen molar-refractivity contribution in [2.75, 3.05) is 0 Å². The van der Waals surface area contributed by atoms with Gasteiger partial charge in [-0.2, -0.15) is 18.4 Å². The molecule has 1 rings (SSSR count). The van der Waals surface area contributed by atoms with E-state index in [1.54, 1.807) is 0 Å². The second kappa shape index (κ2) is 3.76. The van der Waals surface area contributed by atoms with Gasteiger partial charge >= 0.3 is 6.18 Å². The van der Waals surface area contributed by atoms with Crippen LogP contribution in [0.5, 0.6) is 0 Å². The normalized spacial score (nSPS) is 12.3. The first-order valence-electron chi connectivity index (χ1n) is 4.37. The second-order valence-corrected chi connectivity index (χ2v) is 3.79. The van der Waals surface area contributed by atoms with Crippen molar-refractivity contribution in [3.05, 3.63) is 29.1 Å². The third kappa shape index (κ3) is 2.70. The van der Waals surface area contributed by atoms with E-state index in [1.165, 1.54) is 19.9 Å². The topological polar surface area (TPSA) is 56.9 Å². The van der Waals surface area contributed by atoms with Crippen LogP contribution in [0.1, 0.15) is 30.8 Å². The highest BCUT2D eigenvalue weighted by atomic mass is 19.4. The summed E-state index contributed by atoms with van der Waals surface area (Å²) in [5.74, 6) is 0. The molecule has 0 aromatic carbocycles. The summed E-state index contributed by atoms with van der Waals surface area (Å²) < 4.78 is 37.3. The van der Waals surface area contributed by atoms with Gasteiger partial charge in [-0.3, -0.25) is 0 Å². The molecule has 0 aliphatic heterocycles. The van der Waals surface area contributed by atoms with Crippen LogP contribution in [-0.4, -0.2) is 10.1 Å². The van der Waals surface area contributed by atoms with Crippen molar-refractivity contribution < 1.29 is 18.3 Å². The number of hydrogen-bond donors (Lipinski definition) is 1. The van der Waals surface area contributed by atoms with Gasteiger partial charge in [0.2, 0.25) is 0 Å². The summed E-state index contributed by atoms with van der Waals surface area (Å²) in [6.45, 7) is 2.67. The molecule has 1 aromatic rings. The van der Waals surface area contributed by atoms with Gasteiger partial charge in [0, 0.05) is 0 Å². The number of hydrogen-bond acceptors (Lipinski definition) is 3. The van der Waals surface area contributed by atoms with Crippen molar-refractivity contribution in [2.24, 2.45) is 0 Å². The van der Waals surface area contributed by atoms with Crippen molar-refractivity contribution in [1.82, 2.24) is 4.98 Å². The summed E-state index contributed by atoms with van der Waals surface area (Å²) in [5, 5.41) is 18.2. The van der Waals surface area contributed by atoms with E-state index < -0.39 is 17.5 Å². The number of aliphatic hydroxyl groups is 1. The Labute approximate surface area is 90.2 Å². The first-order valence-corrected chi connectivity index (χ1v) is 4.37. The van der Waals surface area contributed by atoms with Crippen molar-refractivity contribution in [3.63, 3.8) is 0 Å². The molecule has 0 aliphatic carbocycles. The van der Waals surface area contributed by atoms with Gasteiger partial charge in [0.05, 0.1) is 5.60 Å². The Morgan fingerprint density at radius 2 is 1.88 bits per heavy atom. The van der Waals surface area contributed by atoms with Crippen LogP contribution >= 0.6 is 0 Å². The van der Waals surface area contributed by atoms with Crippen molar-refractivity contribution in [1.29, 1.82) is 5.26 Å². The molecule has 6 heteroatoms. The fourth-order valence-electron chi connectivity index (χ4n) is 1.09. The summed E-state index contributed by atoms with van der Waals surface area (Å²) in [6, 6.07) is 3.40. The number of aromatic nitrogens is 1. The molecule has 0 unspecified atom stereocenters. The van der Waals surface area contributed by atoms with E-state index in [1.807, 2.05) is 0 Å². The maximum absolute atomic E-state index is 12.4. The van der Waals surface area contributed by atoms with Crippen molar-refractivity contribution in [3.8, 4) is 6.07 Å². The molecule has 0 bridgehead atoms. The van der Waals surface area contributed by atoms with Crippen LogP contribution in [0.3, 0.4) is 0 Å². The number of nitriles is 1. The first kappa shape index (κ1) is 12.5. The molecule has 0 spiro atoms. The molecule has 0 amide bonds. The van der Waals surface area contributed by atoms with Crippen molar-refractivity contribution in [2.45, 2.75) is 25.6 Å². The monoisotopic (exact) mass is 230 g/mol. The Kier molecular flexibility index (Phi) is 2.93. The summed E-state index contributed by atoms with van der Waals surface area (Å²) in [7, 11) is 0. The number of halogens is 3. The van der Waals surface area contributed by atoms with Gasteiger partial charge in [-0.15, -0.1) is 0 Å². The van der Waals surface area contributed by atoms with Gasteiger partial charge in [0.25, 0.3) is 0 Å². The van der Waals surface area contributed by atoms with Crippen LogP contribution in [0.4, 0.5) is 13.2 Å². The minimum atomic E-state index is -4.63. The Balaban J connectivity index is 3.41. The number of pyridine rings is 1. The highest BCUT2D eigenvalue weighted by molar-refractivity contribution is 5.32. The zero-order valence-corrected chi connectivity index (χ0v) is 8.63. The quantitative estimate of drug-likeness (QED) is 0.804. The SMILES string of the molecule is CC(C)(O)c1cc(C#N)nc(C(F)(F)F)c1. The summed E-state index contributed by atoms with van der Waals surface area (Å²) >= 11 is 0. The second-order valence-electron chi connectivity index (χ2n) is 3.79. The molecular weight excluding hydrogens is 221 g/mol. The molecule has 0 saturated heterocycles. The fraction of sp³-hybridized carbons (Fsp3) is 0.400. The smallest absolute Gasteiger partial charge is 0.386 e. The third-order valence-electron chi connectivity index (χ3n) is 1.94. The van der Waals surface area contributed by atoms with E-state index in [9.17, 15) is 18.3 Å². The van der Waals surface area contributed by atoms with Crippen LogP contribution < -0.4 is 0 Å². The standard InChI is InChI=1S/C10H9F3N2O/c1-9(2,16)6-3-7(5-14)15-8(4-6)10(11,12)13/h3-4,16H,1-2H3. The van der Waals surface area contributed by atoms with Crippen LogP contribution in [-0.2, 0) is 11.8 Å². The Morgan fingerprint density at radius 1 is 1.31 bits per heavy atom. The predicted octanol–water partition coefficient (Wildman–Crippen LogP) is 2.20. The Bertz CT molecular complexity index is 409. The Morgan fingerprint density at radius 3 is 2.25 bits per heavy atom. The van der Waals surface area contributed by atoms with Crippen LogP contribution in [0.25, 0.3) is 0 Å². The van der Waals surface area contributed by atoms with Gasteiger partial charge in [-0.05, 0) is 31.5 Å². The molecule has 86 valence electrons. The first-order chi connectivity index (χ1) is 7.14. The van der Waals surface area contributed by atoms with Crippen LogP contribution in [0.15, 0.2) is 12.1 Å². The molecule has 0 fully saturated rings. The highest BCUT2D eigenvalue weighted by Crippen LogP contribution is 2.31. The molecular formula is C10H9F3N2O. The fourth-order valence-corrected chi connectivity index (χ4v) is 1.09. The van der Waals surface area contributed by atoms with Gasteiger partial charge in [-0.1, -0.05) is 0 Å². The number of rotatable bonds is 1. The van der Waals surface area contributed by atoms with Gasteiger partial charge in [0.1, 0.15) is 17.5 Å². The highest BCUT2D eigenvalue weighted by Gasteiger charge is 2.34. The largest absolute Gasteiger partial charge is 0.433 e. The third-order valence-corrected chi connectivity index (χ3v) is 1.94. The molecule has 1 aromatic heterocycles. The van der Waals surface area contributed by atoms with Crippen LogP contribution in [0, 0.1) is 11.3 Å². The maximum Gasteiger partial charge on any atom is 0.433 e.